The SMILES string of the molecule is NCCc1occc1Br. The van der Waals surface area contributed by atoms with Crippen LogP contribution in [-0.2, 0) is 6.42 Å². The van der Waals surface area contributed by atoms with E-state index in [1.807, 2.05) is 6.07 Å². The van der Waals surface area contributed by atoms with E-state index in [0.29, 0.717) is 6.54 Å². The van der Waals surface area contributed by atoms with Crippen LogP contribution in [0.25, 0.3) is 0 Å². The number of halogens is 1. The van der Waals surface area contributed by atoms with Crippen molar-refractivity contribution in [3.63, 3.8) is 0 Å². The lowest BCUT2D eigenvalue weighted by Crippen LogP contribution is -2.01. The molecular weight excluding hydrogens is 182 g/mol. The van der Waals surface area contributed by atoms with Crippen molar-refractivity contribution >= 4 is 15.9 Å². The summed E-state index contributed by atoms with van der Waals surface area (Å²) in [5.41, 5.74) is 5.31. The van der Waals surface area contributed by atoms with Crippen LogP contribution >= 0.6 is 15.9 Å². The van der Waals surface area contributed by atoms with Gasteiger partial charge in [-0.2, -0.15) is 0 Å². The van der Waals surface area contributed by atoms with E-state index in [1.54, 1.807) is 6.26 Å². The molecule has 0 aliphatic carbocycles. The summed E-state index contributed by atoms with van der Waals surface area (Å²) in [6, 6.07) is 1.87. The van der Waals surface area contributed by atoms with E-state index < -0.39 is 0 Å². The number of hydrogen-bond donors (Lipinski definition) is 1. The van der Waals surface area contributed by atoms with Crippen molar-refractivity contribution in [1.82, 2.24) is 0 Å². The highest BCUT2D eigenvalue weighted by atomic mass is 79.9. The van der Waals surface area contributed by atoms with E-state index in [2.05, 4.69) is 15.9 Å². The van der Waals surface area contributed by atoms with Gasteiger partial charge in [0.15, 0.2) is 0 Å². The second kappa shape index (κ2) is 3.03. The molecule has 0 saturated carbocycles. The number of furan rings is 1. The molecule has 1 aromatic rings. The predicted octanol–water partition coefficient (Wildman–Crippen LogP) is 1.54. The van der Waals surface area contributed by atoms with Gasteiger partial charge in [-0.1, -0.05) is 0 Å². The Labute approximate surface area is 62.2 Å². The van der Waals surface area contributed by atoms with Gasteiger partial charge in [0.25, 0.3) is 0 Å². The average Bonchev–Trinajstić information content (AvgIpc) is 2.18. The molecule has 2 nitrogen and oxygen atoms in total. The molecule has 3 heteroatoms. The van der Waals surface area contributed by atoms with Crippen molar-refractivity contribution in [2.45, 2.75) is 6.42 Å². The van der Waals surface area contributed by atoms with E-state index in [-0.39, 0.29) is 0 Å². The Hall–Kier alpha value is -0.280. The molecule has 0 unspecified atom stereocenters. The first-order valence-electron chi connectivity index (χ1n) is 2.76. The first kappa shape index (κ1) is 6.83. The van der Waals surface area contributed by atoms with Crippen LogP contribution in [0.3, 0.4) is 0 Å². The summed E-state index contributed by atoms with van der Waals surface area (Å²) in [6.07, 6.45) is 2.45. The standard InChI is InChI=1S/C6H8BrNO/c7-5-2-4-9-6(5)1-3-8/h2,4H,1,3,8H2. The molecule has 0 aliphatic heterocycles. The third kappa shape index (κ3) is 1.56. The minimum Gasteiger partial charge on any atom is -0.468 e. The van der Waals surface area contributed by atoms with Gasteiger partial charge in [0.1, 0.15) is 5.76 Å². The van der Waals surface area contributed by atoms with Crippen LogP contribution in [0.5, 0.6) is 0 Å². The fourth-order valence-corrected chi connectivity index (χ4v) is 1.03. The Morgan fingerprint density at radius 2 is 2.44 bits per heavy atom. The molecule has 0 saturated heterocycles. The van der Waals surface area contributed by atoms with Crippen molar-refractivity contribution in [2.24, 2.45) is 5.73 Å². The Morgan fingerprint density at radius 1 is 1.67 bits per heavy atom. The summed E-state index contributed by atoms with van der Waals surface area (Å²) >= 11 is 3.32. The zero-order chi connectivity index (χ0) is 6.69. The van der Waals surface area contributed by atoms with Gasteiger partial charge in [0.05, 0.1) is 10.7 Å². The molecule has 9 heavy (non-hydrogen) atoms. The Kier molecular flexibility index (Phi) is 2.30. The van der Waals surface area contributed by atoms with E-state index in [9.17, 15) is 0 Å². The van der Waals surface area contributed by atoms with Crippen LogP contribution in [0.15, 0.2) is 21.2 Å². The van der Waals surface area contributed by atoms with Crippen LogP contribution < -0.4 is 5.73 Å². The largest absolute Gasteiger partial charge is 0.468 e. The third-order valence-corrected chi connectivity index (χ3v) is 1.77. The Balaban J connectivity index is 2.69. The second-order valence-electron chi connectivity index (χ2n) is 1.73. The summed E-state index contributed by atoms with van der Waals surface area (Å²) in [7, 11) is 0. The van der Waals surface area contributed by atoms with Gasteiger partial charge in [-0.15, -0.1) is 0 Å². The summed E-state index contributed by atoms with van der Waals surface area (Å²) in [5.74, 6) is 0.928. The van der Waals surface area contributed by atoms with Gasteiger partial charge in [-0.05, 0) is 28.5 Å². The molecule has 0 aliphatic rings. The van der Waals surface area contributed by atoms with Gasteiger partial charge < -0.3 is 10.2 Å². The van der Waals surface area contributed by atoms with Gasteiger partial charge >= 0.3 is 0 Å². The van der Waals surface area contributed by atoms with Crippen molar-refractivity contribution in [1.29, 1.82) is 0 Å². The molecule has 1 heterocycles. The molecule has 1 aromatic heterocycles. The molecule has 0 fully saturated rings. The van der Waals surface area contributed by atoms with Crippen LogP contribution in [0, 0.1) is 0 Å². The van der Waals surface area contributed by atoms with E-state index >= 15 is 0 Å². The maximum Gasteiger partial charge on any atom is 0.119 e. The summed E-state index contributed by atoms with van der Waals surface area (Å²) in [6.45, 7) is 0.631. The third-order valence-electron chi connectivity index (χ3n) is 1.06. The summed E-state index contributed by atoms with van der Waals surface area (Å²) in [4.78, 5) is 0. The van der Waals surface area contributed by atoms with E-state index in [0.717, 1.165) is 16.7 Å². The van der Waals surface area contributed by atoms with Crippen molar-refractivity contribution < 1.29 is 4.42 Å². The molecule has 0 radical (unpaired) electrons. The first-order valence-corrected chi connectivity index (χ1v) is 3.56. The van der Waals surface area contributed by atoms with Crippen molar-refractivity contribution in [2.75, 3.05) is 6.54 Å². The topological polar surface area (TPSA) is 39.2 Å². The summed E-state index contributed by atoms with van der Waals surface area (Å²) < 4.78 is 6.09. The van der Waals surface area contributed by atoms with Gasteiger partial charge in [0, 0.05) is 6.42 Å². The molecule has 50 valence electrons. The molecule has 0 spiro atoms. The minimum absolute atomic E-state index is 0.631. The van der Waals surface area contributed by atoms with E-state index in [4.69, 9.17) is 10.2 Å². The number of rotatable bonds is 2. The van der Waals surface area contributed by atoms with Crippen LogP contribution in [0.4, 0.5) is 0 Å². The molecular formula is C6H8BrNO. The minimum atomic E-state index is 0.631. The average molecular weight is 190 g/mol. The maximum atomic E-state index is 5.31. The highest BCUT2D eigenvalue weighted by Gasteiger charge is 1.99. The maximum absolute atomic E-state index is 5.31. The van der Waals surface area contributed by atoms with E-state index in [1.165, 1.54) is 0 Å². The highest BCUT2D eigenvalue weighted by Crippen LogP contribution is 2.16. The highest BCUT2D eigenvalue weighted by molar-refractivity contribution is 9.10. The fourth-order valence-electron chi connectivity index (χ4n) is 0.635. The van der Waals surface area contributed by atoms with Crippen LogP contribution in [-0.4, -0.2) is 6.54 Å². The normalized spacial score (nSPS) is 10.0. The van der Waals surface area contributed by atoms with Crippen LogP contribution in [0.1, 0.15) is 5.76 Å². The summed E-state index contributed by atoms with van der Waals surface area (Å²) in [5, 5.41) is 0. The molecule has 0 amide bonds. The number of nitrogens with two attached hydrogens (primary N) is 1. The van der Waals surface area contributed by atoms with Gasteiger partial charge in [0.2, 0.25) is 0 Å². The van der Waals surface area contributed by atoms with Crippen LogP contribution in [0.2, 0.25) is 0 Å². The van der Waals surface area contributed by atoms with Gasteiger partial charge in [-0.3, -0.25) is 0 Å². The smallest absolute Gasteiger partial charge is 0.119 e. The molecule has 0 atom stereocenters. The van der Waals surface area contributed by atoms with Crippen molar-refractivity contribution in [3.8, 4) is 0 Å². The monoisotopic (exact) mass is 189 g/mol. The first-order chi connectivity index (χ1) is 4.34. The Morgan fingerprint density at radius 3 is 2.89 bits per heavy atom. The molecule has 0 aromatic carbocycles. The number of hydrogen-bond acceptors (Lipinski definition) is 2. The molecule has 1 rings (SSSR count). The second-order valence-corrected chi connectivity index (χ2v) is 2.58. The molecule has 2 N–H and O–H groups in total. The van der Waals surface area contributed by atoms with Crippen molar-refractivity contribution in [3.05, 3.63) is 22.6 Å². The zero-order valence-corrected chi connectivity index (χ0v) is 6.52. The zero-order valence-electron chi connectivity index (χ0n) is 4.93. The lowest BCUT2D eigenvalue weighted by Gasteiger charge is -1.90. The Bertz CT molecular complexity index is 185. The fraction of sp³-hybridized carbons (Fsp3) is 0.333. The molecule has 0 bridgehead atoms. The van der Waals surface area contributed by atoms with Gasteiger partial charge in [-0.25, -0.2) is 0 Å². The lowest BCUT2D eigenvalue weighted by atomic mass is 10.3. The predicted molar refractivity (Wildman–Crippen MR) is 39.2 cm³/mol. The quantitative estimate of drug-likeness (QED) is 0.768. The lowest BCUT2D eigenvalue weighted by molar-refractivity contribution is 0.508.